The molecule has 6 N–H and O–H groups in total. The molecule has 0 radical (unpaired) electrons. The molecule has 4 saturated carbocycles. The van der Waals surface area contributed by atoms with Gasteiger partial charge in [-0.1, -0.05) is 6.92 Å². The quantitative estimate of drug-likeness (QED) is 0.149. The molecule has 2 heterocycles. The summed E-state index contributed by atoms with van der Waals surface area (Å²) in [7, 11) is 0. The minimum absolute atomic E-state index is 0.0615. The molecule has 0 aromatic rings. The first-order valence-electron chi connectivity index (χ1n) is 14.6. The average molecular weight is 567 g/mol. The highest BCUT2D eigenvalue weighted by molar-refractivity contribution is 5.85. The van der Waals surface area contributed by atoms with E-state index in [9.17, 15) is 40.2 Å². The van der Waals surface area contributed by atoms with Crippen LogP contribution in [0.15, 0.2) is 11.6 Å². The van der Waals surface area contributed by atoms with Crippen molar-refractivity contribution in [3.05, 3.63) is 11.6 Å². The van der Waals surface area contributed by atoms with E-state index < -0.39 is 82.8 Å². The van der Waals surface area contributed by atoms with Crippen LogP contribution in [0.3, 0.4) is 0 Å². The van der Waals surface area contributed by atoms with Crippen molar-refractivity contribution in [3.63, 3.8) is 0 Å². The van der Waals surface area contributed by atoms with E-state index in [0.717, 1.165) is 11.9 Å². The van der Waals surface area contributed by atoms with Crippen molar-refractivity contribution < 1.29 is 54.4 Å². The van der Waals surface area contributed by atoms with Gasteiger partial charge in [-0.3, -0.25) is 0 Å². The largest absolute Gasteiger partial charge is 0.458 e. The van der Waals surface area contributed by atoms with Gasteiger partial charge in [0.25, 0.3) is 0 Å². The molecule has 0 spiro atoms. The second kappa shape index (κ2) is 9.54. The van der Waals surface area contributed by atoms with Gasteiger partial charge in [-0.25, -0.2) is 4.79 Å². The molecular weight excluding hydrogens is 524 g/mol. The maximum absolute atomic E-state index is 13.0. The lowest BCUT2D eigenvalue weighted by molar-refractivity contribution is -0.320. The monoisotopic (exact) mass is 566 g/mol. The molecule has 14 atom stereocenters. The summed E-state index contributed by atoms with van der Waals surface area (Å²) in [6, 6.07) is 0. The summed E-state index contributed by atoms with van der Waals surface area (Å²) in [6.07, 6.45) is -2.87. The molecule has 0 bridgehead atoms. The molecule has 2 aliphatic heterocycles. The Morgan fingerprint density at radius 2 is 1.75 bits per heavy atom. The zero-order chi connectivity index (χ0) is 28.8. The first-order chi connectivity index (χ1) is 18.8. The van der Waals surface area contributed by atoms with E-state index in [4.69, 9.17) is 14.2 Å². The van der Waals surface area contributed by atoms with Crippen molar-refractivity contribution in [2.24, 2.45) is 28.6 Å². The third-order valence-electron chi connectivity index (χ3n) is 11.9. The number of fused-ring (bicyclic) bond motifs is 5. The number of esters is 1. The van der Waals surface area contributed by atoms with Crippen LogP contribution in [0.4, 0.5) is 0 Å². The van der Waals surface area contributed by atoms with Crippen LogP contribution in [0.2, 0.25) is 0 Å². The SMILES string of the molecule is CC1O[C@H](O[C@H]2CC[C@]3(C=O)C4C(O)C[C@]5(C)[C@@H](C6=CC(=O)OC6)CC[C@]5(O)C4CC[C@]3(O)C2)C(O)C(O)[C@@H]1O. The number of carbonyl (C=O) groups excluding carboxylic acids is 2. The Balaban J connectivity index is 1.25. The van der Waals surface area contributed by atoms with Crippen molar-refractivity contribution in [2.45, 2.75) is 119 Å². The third kappa shape index (κ3) is 3.78. The van der Waals surface area contributed by atoms with Gasteiger partial charge in [-0.2, -0.15) is 0 Å². The van der Waals surface area contributed by atoms with Gasteiger partial charge in [0.1, 0.15) is 31.2 Å². The van der Waals surface area contributed by atoms with Crippen LogP contribution in [0.5, 0.6) is 0 Å². The number of carbonyl (C=O) groups is 2. The number of aldehydes is 1. The highest BCUT2D eigenvalue weighted by Gasteiger charge is 2.73. The zero-order valence-corrected chi connectivity index (χ0v) is 23.0. The molecule has 5 fully saturated rings. The molecule has 11 heteroatoms. The lowest BCUT2D eigenvalue weighted by Crippen LogP contribution is -2.72. The summed E-state index contributed by atoms with van der Waals surface area (Å²) in [5.74, 6) is -1.61. The fourth-order valence-corrected chi connectivity index (χ4v) is 9.82. The van der Waals surface area contributed by atoms with Crippen molar-refractivity contribution in [1.82, 2.24) is 0 Å². The second-order valence-electron chi connectivity index (χ2n) is 13.6. The highest BCUT2D eigenvalue weighted by atomic mass is 16.7. The first kappa shape index (κ1) is 28.7. The predicted octanol–water partition coefficient (Wildman–Crippen LogP) is -0.279. The van der Waals surface area contributed by atoms with Crippen LogP contribution in [0.25, 0.3) is 0 Å². The van der Waals surface area contributed by atoms with Gasteiger partial charge < -0.3 is 49.6 Å². The van der Waals surface area contributed by atoms with Crippen LogP contribution < -0.4 is 0 Å². The first-order valence-corrected chi connectivity index (χ1v) is 14.6. The highest BCUT2D eigenvalue weighted by Crippen LogP contribution is 2.70. The molecule has 4 aliphatic carbocycles. The summed E-state index contributed by atoms with van der Waals surface area (Å²) >= 11 is 0. The van der Waals surface area contributed by atoms with E-state index in [1.165, 1.54) is 6.08 Å². The fourth-order valence-electron chi connectivity index (χ4n) is 9.82. The minimum Gasteiger partial charge on any atom is -0.458 e. The zero-order valence-electron chi connectivity index (χ0n) is 23.0. The molecule has 0 aromatic heterocycles. The van der Waals surface area contributed by atoms with Crippen molar-refractivity contribution in [2.75, 3.05) is 6.61 Å². The van der Waals surface area contributed by atoms with Crippen molar-refractivity contribution in [3.8, 4) is 0 Å². The molecular formula is C29H42O11. The molecule has 0 amide bonds. The van der Waals surface area contributed by atoms with Gasteiger partial charge in [0.15, 0.2) is 6.29 Å². The van der Waals surface area contributed by atoms with Gasteiger partial charge in [0.2, 0.25) is 0 Å². The Morgan fingerprint density at radius 3 is 2.42 bits per heavy atom. The number of hydrogen-bond acceptors (Lipinski definition) is 11. The summed E-state index contributed by atoms with van der Waals surface area (Å²) < 4.78 is 16.8. The number of rotatable bonds is 4. The van der Waals surface area contributed by atoms with E-state index in [1.807, 2.05) is 6.92 Å². The van der Waals surface area contributed by atoms with Gasteiger partial charge in [-0.15, -0.1) is 0 Å². The smallest absolute Gasteiger partial charge is 0.331 e. The number of hydrogen-bond donors (Lipinski definition) is 6. The molecule has 6 aliphatic rings. The van der Waals surface area contributed by atoms with E-state index >= 15 is 0 Å². The number of cyclic esters (lactones) is 1. The van der Waals surface area contributed by atoms with Gasteiger partial charge >= 0.3 is 5.97 Å². The Labute approximate surface area is 233 Å². The topological polar surface area (TPSA) is 183 Å². The Hall–Kier alpha value is -1.44. The Kier molecular flexibility index (Phi) is 6.83. The summed E-state index contributed by atoms with van der Waals surface area (Å²) in [4.78, 5) is 24.8. The van der Waals surface area contributed by atoms with Crippen LogP contribution in [0.1, 0.15) is 65.2 Å². The molecule has 6 rings (SSSR count). The third-order valence-corrected chi connectivity index (χ3v) is 11.9. The Morgan fingerprint density at radius 1 is 1.00 bits per heavy atom. The average Bonchev–Trinajstić information content (AvgIpc) is 3.45. The van der Waals surface area contributed by atoms with Gasteiger partial charge in [-0.05, 0) is 69.3 Å². The fraction of sp³-hybridized carbons (Fsp3) is 0.862. The summed E-state index contributed by atoms with van der Waals surface area (Å²) in [6.45, 7) is 3.72. The number of aliphatic hydroxyl groups is 6. The van der Waals surface area contributed by atoms with Gasteiger partial charge in [0.05, 0.1) is 34.9 Å². The van der Waals surface area contributed by atoms with Crippen LogP contribution in [-0.4, -0.2) is 104 Å². The van der Waals surface area contributed by atoms with Crippen molar-refractivity contribution in [1.29, 1.82) is 0 Å². The molecule has 224 valence electrons. The summed E-state index contributed by atoms with van der Waals surface area (Å²) in [5, 5.41) is 66.7. The molecule has 11 nitrogen and oxygen atoms in total. The second-order valence-corrected chi connectivity index (χ2v) is 13.6. The maximum atomic E-state index is 13.0. The summed E-state index contributed by atoms with van der Waals surface area (Å²) in [5.41, 5.74) is -3.89. The van der Waals surface area contributed by atoms with Crippen LogP contribution >= 0.6 is 0 Å². The lowest BCUT2D eigenvalue weighted by atomic mass is 9.41. The Bertz CT molecular complexity index is 1080. The van der Waals surface area contributed by atoms with Gasteiger partial charge in [0, 0.05) is 23.8 Å². The number of ether oxygens (including phenoxy) is 3. The number of aliphatic hydroxyl groups excluding tert-OH is 4. The molecule has 40 heavy (non-hydrogen) atoms. The normalized spacial score (nSPS) is 56.0. The molecule has 1 saturated heterocycles. The van der Waals surface area contributed by atoms with E-state index in [2.05, 4.69) is 0 Å². The van der Waals surface area contributed by atoms with E-state index in [1.54, 1.807) is 6.92 Å². The minimum atomic E-state index is -1.51. The maximum Gasteiger partial charge on any atom is 0.331 e. The van der Waals surface area contributed by atoms with E-state index in [-0.39, 0.29) is 38.2 Å². The standard InChI is InChI=1S/C29H42O11/c1-14-22(33)23(34)24(35)25(39-14)40-16-3-6-27(13-30)21-18(4-7-28(27,36)10-16)29(37)8-5-17(15-9-20(32)38-12-15)26(29,2)11-19(21)31/h9,13-14,16-19,21-25,31,33-37H,3-8,10-12H2,1-2H3/t14?,16-,17+,18?,19?,21?,22+,23?,24?,25+,26+,27-,28-,29-/m0/s1. The van der Waals surface area contributed by atoms with Crippen LogP contribution in [0, 0.1) is 28.6 Å². The lowest BCUT2D eigenvalue weighted by Gasteiger charge is -2.66. The molecule has 0 aromatic carbocycles. The predicted molar refractivity (Wildman–Crippen MR) is 136 cm³/mol. The molecule has 6 unspecified atom stereocenters. The van der Waals surface area contributed by atoms with Crippen LogP contribution in [-0.2, 0) is 23.8 Å². The van der Waals surface area contributed by atoms with E-state index in [0.29, 0.717) is 25.7 Å². The van der Waals surface area contributed by atoms with Crippen molar-refractivity contribution >= 4 is 12.3 Å².